The summed E-state index contributed by atoms with van der Waals surface area (Å²) in [4.78, 5) is 12.4. The monoisotopic (exact) mass is 354 g/mol. The molecule has 9 heteroatoms. The Kier molecular flexibility index (Phi) is 5.89. The summed E-state index contributed by atoms with van der Waals surface area (Å²) < 4.78 is 48.9. The quantitative estimate of drug-likeness (QED) is 0.862. The Morgan fingerprint density at radius 3 is 2.36 bits per heavy atom. The van der Waals surface area contributed by atoms with E-state index in [2.05, 4.69) is 10.6 Å². The van der Waals surface area contributed by atoms with Crippen LogP contribution >= 0.6 is 12.4 Å². The fraction of sp³-hybridized carbons (Fsp3) is 0.462. The Labute approximate surface area is 133 Å². The van der Waals surface area contributed by atoms with Gasteiger partial charge in [-0.15, -0.1) is 12.4 Å². The van der Waals surface area contributed by atoms with Gasteiger partial charge in [-0.1, -0.05) is 0 Å². The van der Waals surface area contributed by atoms with E-state index < -0.39 is 32.1 Å². The molecule has 5 nitrogen and oxygen atoms in total. The topological polar surface area (TPSA) is 75.3 Å². The zero-order valence-electron chi connectivity index (χ0n) is 11.9. The summed E-state index contributed by atoms with van der Waals surface area (Å²) in [5.74, 6) is -2.50. The number of hydrogen-bond acceptors (Lipinski definition) is 4. The fourth-order valence-electron chi connectivity index (χ4n) is 2.42. The lowest BCUT2D eigenvalue weighted by molar-refractivity contribution is -0.119. The van der Waals surface area contributed by atoms with Crippen molar-refractivity contribution in [2.24, 2.45) is 0 Å². The number of amides is 1. The molecule has 1 fully saturated rings. The van der Waals surface area contributed by atoms with Crippen LogP contribution in [-0.2, 0) is 14.6 Å². The van der Waals surface area contributed by atoms with Crippen LogP contribution in [0.15, 0.2) is 18.2 Å². The van der Waals surface area contributed by atoms with Gasteiger partial charge in [0.25, 0.3) is 0 Å². The van der Waals surface area contributed by atoms with E-state index in [9.17, 15) is 22.0 Å². The first-order chi connectivity index (χ1) is 9.76. The second-order valence-electron chi connectivity index (χ2n) is 5.09. The molecule has 0 aromatic heterocycles. The van der Waals surface area contributed by atoms with Gasteiger partial charge in [0.2, 0.25) is 5.91 Å². The SMILES string of the molecule is CS(=O)(=O)C1(C(=O)Nc2ccc(F)cc2F)CCNCC1.Cl. The molecule has 1 heterocycles. The zero-order valence-corrected chi connectivity index (χ0v) is 13.5. The first-order valence-corrected chi connectivity index (χ1v) is 8.32. The molecule has 124 valence electrons. The van der Waals surface area contributed by atoms with Gasteiger partial charge in [0.1, 0.15) is 11.6 Å². The van der Waals surface area contributed by atoms with Gasteiger partial charge in [-0.3, -0.25) is 4.79 Å². The van der Waals surface area contributed by atoms with Crippen LogP contribution in [-0.4, -0.2) is 38.4 Å². The van der Waals surface area contributed by atoms with Crippen LogP contribution in [0.5, 0.6) is 0 Å². The highest BCUT2D eigenvalue weighted by Crippen LogP contribution is 2.30. The van der Waals surface area contributed by atoms with E-state index in [-0.39, 0.29) is 30.9 Å². The van der Waals surface area contributed by atoms with Crippen molar-refractivity contribution in [3.8, 4) is 0 Å². The molecule has 2 rings (SSSR count). The molecule has 2 N–H and O–H groups in total. The highest BCUT2D eigenvalue weighted by molar-refractivity contribution is 7.92. The van der Waals surface area contributed by atoms with Crippen LogP contribution in [0.4, 0.5) is 14.5 Å². The van der Waals surface area contributed by atoms with Crippen molar-refractivity contribution < 1.29 is 22.0 Å². The van der Waals surface area contributed by atoms with E-state index in [4.69, 9.17) is 0 Å². The average molecular weight is 355 g/mol. The van der Waals surface area contributed by atoms with Gasteiger partial charge in [-0.2, -0.15) is 0 Å². The summed E-state index contributed by atoms with van der Waals surface area (Å²) in [6.07, 6.45) is 1.22. The smallest absolute Gasteiger partial charge is 0.246 e. The Bertz CT molecular complexity index is 661. The van der Waals surface area contributed by atoms with Crippen molar-refractivity contribution >= 4 is 33.8 Å². The molecule has 1 saturated heterocycles. The number of anilines is 1. The van der Waals surface area contributed by atoms with Crippen LogP contribution in [0.3, 0.4) is 0 Å². The third-order valence-corrected chi connectivity index (χ3v) is 5.73. The number of carbonyl (C=O) groups excluding carboxylic acids is 1. The van der Waals surface area contributed by atoms with Gasteiger partial charge in [0.05, 0.1) is 5.69 Å². The molecule has 0 bridgehead atoms. The molecule has 0 atom stereocenters. The maximum Gasteiger partial charge on any atom is 0.246 e. The largest absolute Gasteiger partial charge is 0.322 e. The second-order valence-corrected chi connectivity index (χ2v) is 7.42. The lowest BCUT2D eigenvalue weighted by Crippen LogP contribution is -2.55. The summed E-state index contributed by atoms with van der Waals surface area (Å²) in [7, 11) is -3.68. The first kappa shape index (κ1) is 18.8. The number of rotatable bonds is 3. The normalized spacial score (nSPS) is 17.4. The van der Waals surface area contributed by atoms with Crippen molar-refractivity contribution in [2.45, 2.75) is 17.6 Å². The molecule has 1 aromatic carbocycles. The second kappa shape index (κ2) is 6.89. The predicted molar refractivity (Wildman–Crippen MR) is 81.9 cm³/mol. The van der Waals surface area contributed by atoms with Crippen molar-refractivity contribution in [3.05, 3.63) is 29.8 Å². The third kappa shape index (κ3) is 3.56. The lowest BCUT2D eigenvalue weighted by atomic mass is 9.95. The minimum Gasteiger partial charge on any atom is -0.322 e. The Balaban J connectivity index is 0.00000242. The highest BCUT2D eigenvalue weighted by Gasteiger charge is 2.48. The van der Waals surface area contributed by atoms with Gasteiger partial charge in [0, 0.05) is 12.3 Å². The minimum atomic E-state index is -3.68. The van der Waals surface area contributed by atoms with Crippen LogP contribution in [0, 0.1) is 11.6 Å². The molecule has 0 unspecified atom stereocenters. The average Bonchev–Trinajstić information content (AvgIpc) is 2.41. The minimum absolute atomic E-state index is 0. The maximum absolute atomic E-state index is 13.6. The summed E-state index contributed by atoms with van der Waals surface area (Å²) in [5, 5.41) is 5.25. The molecule has 22 heavy (non-hydrogen) atoms. The van der Waals surface area contributed by atoms with E-state index in [1.807, 2.05) is 0 Å². The van der Waals surface area contributed by atoms with Gasteiger partial charge in [0.15, 0.2) is 14.6 Å². The van der Waals surface area contributed by atoms with E-state index in [1.165, 1.54) is 0 Å². The van der Waals surface area contributed by atoms with Gasteiger partial charge in [-0.05, 0) is 38.1 Å². The van der Waals surface area contributed by atoms with Crippen molar-refractivity contribution in [1.82, 2.24) is 5.32 Å². The molecular weight excluding hydrogens is 338 g/mol. The number of benzene rings is 1. The molecule has 1 amide bonds. The summed E-state index contributed by atoms with van der Waals surface area (Å²) in [6.45, 7) is 0.763. The molecule has 1 aliphatic rings. The molecule has 0 aliphatic carbocycles. The molecular formula is C13H17ClF2N2O3S. The number of halogens is 3. The maximum atomic E-state index is 13.6. The number of sulfone groups is 1. The van der Waals surface area contributed by atoms with E-state index in [1.54, 1.807) is 0 Å². The van der Waals surface area contributed by atoms with Crippen molar-refractivity contribution in [1.29, 1.82) is 0 Å². The van der Waals surface area contributed by atoms with E-state index in [0.29, 0.717) is 19.2 Å². The molecule has 0 radical (unpaired) electrons. The van der Waals surface area contributed by atoms with Gasteiger partial charge in [-0.25, -0.2) is 17.2 Å². The van der Waals surface area contributed by atoms with Crippen molar-refractivity contribution in [2.75, 3.05) is 24.7 Å². The van der Waals surface area contributed by atoms with Crippen LogP contribution in [0.25, 0.3) is 0 Å². The predicted octanol–water partition coefficient (Wildman–Crippen LogP) is 1.49. The van der Waals surface area contributed by atoms with Crippen LogP contribution in [0.1, 0.15) is 12.8 Å². The Hall–Kier alpha value is -1.25. The fourth-order valence-corrected chi connectivity index (χ4v) is 3.76. The van der Waals surface area contributed by atoms with E-state index >= 15 is 0 Å². The van der Waals surface area contributed by atoms with Crippen LogP contribution in [0.2, 0.25) is 0 Å². The highest BCUT2D eigenvalue weighted by atomic mass is 35.5. The summed E-state index contributed by atoms with van der Waals surface area (Å²) >= 11 is 0. The first-order valence-electron chi connectivity index (χ1n) is 6.43. The lowest BCUT2D eigenvalue weighted by Gasteiger charge is -2.34. The summed E-state index contributed by atoms with van der Waals surface area (Å²) in [5.41, 5.74) is -0.233. The molecule has 1 aliphatic heterocycles. The number of nitrogens with one attached hydrogen (secondary N) is 2. The number of carbonyl (C=O) groups is 1. The van der Waals surface area contributed by atoms with Crippen LogP contribution < -0.4 is 10.6 Å². The van der Waals surface area contributed by atoms with Crippen molar-refractivity contribution in [3.63, 3.8) is 0 Å². The standard InChI is InChI=1S/C13H16F2N2O3S.ClH/c1-21(19,20)13(4-6-16-7-5-13)12(18)17-11-3-2-9(14)8-10(11)15;/h2-3,8,16H,4-7H2,1H3,(H,17,18);1H. The van der Waals surface area contributed by atoms with Gasteiger partial charge < -0.3 is 10.6 Å². The molecule has 0 saturated carbocycles. The number of piperidine rings is 1. The zero-order chi connectivity index (χ0) is 15.7. The van der Waals surface area contributed by atoms with E-state index in [0.717, 1.165) is 18.4 Å². The van der Waals surface area contributed by atoms with Gasteiger partial charge >= 0.3 is 0 Å². The Morgan fingerprint density at radius 1 is 1.27 bits per heavy atom. The molecule has 1 aromatic rings. The Morgan fingerprint density at radius 2 is 1.86 bits per heavy atom. The summed E-state index contributed by atoms with van der Waals surface area (Å²) in [6, 6.07) is 2.69. The number of hydrogen-bond donors (Lipinski definition) is 2. The molecule has 0 spiro atoms. The third-order valence-electron chi connectivity index (χ3n) is 3.71.